The molecule has 0 saturated carbocycles. The Balaban J connectivity index is 3.26. The maximum Gasteiger partial charge on any atom is -0.0244 e. The van der Waals surface area contributed by atoms with Gasteiger partial charge in [-0.2, -0.15) is 0 Å². The largest absolute Gasteiger partial charge is 0.0654 e. The highest BCUT2D eigenvalue weighted by Crippen LogP contribution is 2.22. The second-order valence-corrected chi connectivity index (χ2v) is 5.08. The molecule has 0 aromatic rings. The van der Waals surface area contributed by atoms with Gasteiger partial charge < -0.3 is 0 Å². The minimum atomic E-state index is 1.32. The van der Waals surface area contributed by atoms with Crippen LogP contribution in [0.4, 0.5) is 0 Å². The fourth-order valence-corrected chi connectivity index (χ4v) is 2.26. The van der Waals surface area contributed by atoms with Crippen LogP contribution in [0.1, 0.15) is 97.8 Å². The average Bonchev–Trinajstić information content (AvgIpc) is 2.31. The normalized spacial score (nSPS) is 11.2. The van der Waals surface area contributed by atoms with Crippen molar-refractivity contribution in [2.75, 3.05) is 0 Å². The van der Waals surface area contributed by atoms with Crippen LogP contribution in [0.3, 0.4) is 0 Å². The van der Waals surface area contributed by atoms with Crippen LogP contribution in [-0.4, -0.2) is 0 Å². The summed E-state index contributed by atoms with van der Waals surface area (Å²) in [5, 5.41) is 0. The summed E-state index contributed by atoms with van der Waals surface area (Å²) in [5.74, 6) is 1.82. The van der Waals surface area contributed by atoms with Crippen LogP contribution in [0.5, 0.6) is 0 Å². The lowest BCUT2D eigenvalue weighted by Gasteiger charge is -2.13. The zero-order chi connectivity index (χ0) is 12.1. The van der Waals surface area contributed by atoms with E-state index in [-0.39, 0.29) is 0 Å². The van der Waals surface area contributed by atoms with E-state index in [4.69, 9.17) is 0 Å². The SMILES string of the molecule is CCCCCCCC[C](CC)CCCCC. The Hall–Kier alpha value is 0. The highest BCUT2D eigenvalue weighted by Gasteiger charge is 2.05. The fraction of sp³-hybridized carbons (Fsp3) is 0.938. The van der Waals surface area contributed by atoms with Crippen LogP contribution in [0.15, 0.2) is 0 Å². The zero-order valence-electron chi connectivity index (χ0n) is 12.0. The molecule has 0 aromatic heterocycles. The van der Waals surface area contributed by atoms with Gasteiger partial charge in [-0.25, -0.2) is 0 Å². The van der Waals surface area contributed by atoms with Gasteiger partial charge in [-0.3, -0.25) is 0 Å². The number of hydrogen-bond acceptors (Lipinski definition) is 0. The van der Waals surface area contributed by atoms with E-state index in [2.05, 4.69) is 20.8 Å². The Morgan fingerprint density at radius 2 is 1.00 bits per heavy atom. The quantitative estimate of drug-likeness (QED) is 0.342. The van der Waals surface area contributed by atoms with E-state index in [1.807, 2.05) is 5.92 Å². The second kappa shape index (κ2) is 13.1. The molecule has 0 heteroatoms. The Labute approximate surface area is 104 Å². The summed E-state index contributed by atoms with van der Waals surface area (Å²) in [5.41, 5.74) is 0. The molecule has 0 unspecified atom stereocenters. The lowest BCUT2D eigenvalue weighted by atomic mass is 9.92. The van der Waals surface area contributed by atoms with Crippen molar-refractivity contribution in [3.63, 3.8) is 0 Å². The van der Waals surface area contributed by atoms with Gasteiger partial charge in [-0.1, -0.05) is 78.6 Å². The minimum absolute atomic E-state index is 1.32. The van der Waals surface area contributed by atoms with Crippen molar-refractivity contribution >= 4 is 0 Å². The molecule has 0 rings (SSSR count). The summed E-state index contributed by atoms with van der Waals surface area (Å²) in [6, 6.07) is 0. The van der Waals surface area contributed by atoms with E-state index in [0.29, 0.717) is 0 Å². The summed E-state index contributed by atoms with van der Waals surface area (Å²) in [7, 11) is 0. The van der Waals surface area contributed by atoms with Crippen LogP contribution >= 0.6 is 0 Å². The van der Waals surface area contributed by atoms with Gasteiger partial charge in [0.05, 0.1) is 0 Å². The molecule has 0 heterocycles. The van der Waals surface area contributed by atoms with Gasteiger partial charge in [-0.05, 0) is 25.2 Å². The third-order valence-electron chi connectivity index (χ3n) is 3.52. The van der Waals surface area contributed by atoms with Gasteiger partial charge in [0.15, 0.2) is 0 Å². The first-order chi connectivity index (χ1) is 7.85. The molecular formula is C16H33. The van der Waals surface area contributed by atoms with Crippen LogP contribution in [0.25, 0.3) is 0 Å². The van der Waals surface area contributed by atoms with Crippen molar-refractivity contribution in [2.24, 2.45) is 0 Å². The number of rotatable bonds is 12. The van der Waals surface area contributed by atoms with Crippen molar-refractivity contribution in [1.82, 2.24) is 0 Å². The smallest absolute Gasteiger partial charge is 0.0244 e. The molecule has 1 radical (unpaired) electrons. The van der Waals surface area contributed by atoms with Crippen molar-refractivity contribution in [1.29, 1.82) is 0 Å². The standard InChI is InChI=1S/C16H33/c1-4-7-9-10-11-13-15-16(6-3)14-12-8-5-2/h4-15H2,1-3H3. The molecule has 0 bridgehead atoms. The predicted octanol–water partition coefficient (Wildman–Crippen LogP) is 6.30. The van der Waals surface area contributed by atoms with E-state index in [9.17, 15) is 0 Å². The molecule has 0 aliphatic rings. The van der Waals surface area contributed by atoms with Crippen LogP contribution in [0.2, 0.25) is 0 Å². The molecule has 16 heavy (non-hydrogen) atoms. The Bertz CT molecular complexity index is 117. The number of hydrogen-bond donors (Lipinski definition) is 0. The molecular weight excluding hydrogens is 192 g/mol. The van der Waals surface area contributed by atoms with Crippen molar-refractivity contribution in [2.45, 2.75) is 97.8 Å². The lowest BCUT2D eigenvalue weighted by molar-refractivity contribution is 0.553. The maximum absolute atomic E-state index is 2.33. The van der Waals surface area contributed by atoms with Gasteiger partial charge in [-0.15, -0.1) is 0 Å². The summed E-state index contributed by atoms with van der Waals surface area (Å²) in [4.78, 5) is 0. The average molecular weight is 225 g/mol. The first-order valence-corrected chi connectivity index (χ1v) is 7.68. The minimum Gasteiger partial charge on any atom is -0.0654 e. The molecule has 0 N–H and O–H groups in total. The topological polar surface area (TPSA) is 0 Å². The monoisotopic (exact) mass is 225 g/mol. The maximum atomic E-state index is 2.33. The van der Waals surface area contributed by atoms with Crippen LogP contribution in [-0.2, 0) is 0 Å². The molecule has 0 spiro atoms. The third kappa shape index (κ3) is 10.5. The lowest BCUT2D eigenvalue weighted by Crippen LogP contribution is -1.96. The van der Waals surface area contributed by atoms with E-state index in [0.717, 1.165) is 0 Å². The van der Waals surface area contributed by atoms with E-state index in [1.165, 1.54) is 77.0 Å². The summed E-state index contributed by atoms with van der Waals surface area (Å²) in [6.45, 7) is 6.91. The van der Waals surface area contributed by atoms with Crippen molar-refractivity contribution in [3.8, 4) is 0 Å². The van der Waals surface area contributed by atoms with Crippen LogP contribution < -0.4 is 0 Å². The van der Waals surface area contributed by atoms with Gasteiger partial charge in [0.1, 0.15) is 0 Å². The molecule has 0 atom stereocenters. The predicted molar refractivity (Wildman–Crippen MR) is 75.7 cm³/mol. The third-order valence-corrected chi connectivity index (χ3v) is 3.52. The Morgan fingerprint density at radius 3 is 1.56 bits per heavy atom. The molecule has 0 aliphatic heterocycles. The Morgan fingerprint density at radius 1 is 0.562 bits per heavy atom. The molecule has 0 aromatic carbocycles. The van der Waals surface area contributed by atoms with Gasteiger partial charge in [0.2, 0.25) is 0 Å². The molecule has 97 valence electrons. The van der Waals surface area contributed by atoms with E-state index in [1.54, 1.807) is 0 Å². The van der Waals surface area contributed by atoms with Gasteiger partial charge in [0.25, 0.3) is 0 Å². The summed E-state index contributed by atoms with van der Waals surface area (Å²) < 4.78 is 0. The van der Waals surface area contributed by atoms with Gasteiger partial charge in [0, 0.05) is 0 Å². The van der Waals surface area contributed by atoms with E-state index < -0.39 is 0 Å². The molecule has 0 aliphatic carbocycles. The summed E-state index contributed by atoms with van der Waals surface area (Å²) >= 11 is 0. The first-order valence-electron chi connectivity index (χ1n) is 7.68. The highest BCUT2D eigenvalue weighted by atomic mass is 14.1. The van der Waals surface area contributed by atoms with Crippen LogP contribution in [0, 0.1) is 5.92 Å². The van der Waals surface area contributed by atoms with Crippen molar-refractivity contribution < 1.29 is 0 Å². The van der Waals surface area contributed by atoms with E-state index >= 15 is 0 Å². The molecule has 0 nitrogen and oxygen atoms in total. The van der Waals surface area contributed by atoms with Gasteiger partial charge >= 0.3 is 0 Å². The number of unbranched alkanes of at least 4 members (excludes halogenated alkanes) is 7. The summed E-state index contributed by atoms with van der Waals surface area (Å²) in [6.07, 6.45) is 16.9. The fourth-order valence-electron chi connectivity index (χ4n) is 2.26. The molecule has 0 amide bonds. The second-order valence-electron chi connectivity index (χ2n) is 5.08. The Kier molecular flexibility index (Phi) is 13.1. The van der Waals surface area contributed by atoms with Crippen molar-refractivity contribution in [3.05, 3.63) is 5.92 Å². The zero-order valence-corrected chi connectivity index (χ0v) is 12.0. The molecule has 0 fully saturated rings. The first kappa shape index (κ1) is 16.0. The molecule has 0 saturated heterocycles. The highest BCUT2D eigenvalue weighted by molar-refractivity contribution is 4.87.